The highest BCUT2D eigenvalue weighted by Crippen LogP contribution is 2.23. The summed E-state index contributed by atoms with van der Waals surface area (Å²) in [5.41, 5.74) is 1.25. The van der Waals surface area contributed by atoms with Gasteiger partial charge in [0.1, 0.15) is 5.82 Å². The molecule has 6 heteroatoms. The SMILES string of the molecule is CCc1cc(C(=O)N[C@@H](C)c2nnc3n2CCCCC3)sc1C. The first-order valence-corrected chi connectivity index (χ1v) is 9.24. The van der Waals surface area contributed by atoms with Crippen molar-refractivity contribution in [1.29, 1.82) is 0 Å². The van der Waals surface area contributed by atoms with Crippen LogP contribution in [0.5, 0.6) is 0 Å². The van der Waals surface area contributed by atoms with Crippen molar-refractivity contribution in [2.45, 2.75) is 65.5 Å². The van der Waals surface area contributed by atoms with E-state index in [-0.39, 0.29) is 11.9 Å². The van der Waals surface area contributed by atoms with Crippen molar-refractivity contribution in [3.63, 3.8) is 0 Å². The monoisotopic (exact) mass is 332 g/mol. The number of carbonyl (C=O) groups excluding carboxylic acids is 1. The lowest BCUT2D eigenvalue weighted by Crippen LogP contribution is -2.28. The molecule has 3 heterocycles. The topological polar surface area (TPSA) is 59.8 Å². The fraction of sp³-hybridized carbons (Fsp3) is 0.588. The smallest absolute Gasteiger partial charge is 0.261 e. The number of aromatic nitrogens is 3. The number of carbonyl (C=O) groups is 1. The van der Waals surface area contributed by atoms with Gasteiger partial charge in [0.25, 0.3) is 5.91 Å². The minimum Gasteiger partial charge on any atom is -0.342 e. The molecule has 124 valence electrons. The van der Waals surface area contributed by atoms with Gasteiger partial charge in [-0.05, 0) is 44.7 Å². The minimum absolute atomic E-state index is 0.0173. The Morgan fingerprint density at radius 2 is 2.22 bits per heavy atom. The van der Waals surface area contributed by atoms with Gasteiger partial charge in [-0.1, -0.05) is 13.3 Å². The molecule has 1 amide bonds. The van der Waals surface area contributed by atoms with E-state index in [1.807, 2.05) is 13.0 Å². The Morgan fingerprint density at radius 3 is 2.96 bits per heavy atom. The molecular formula is C17H24N4OS. The summed E-state index contributed by atoms with van der Waals surface area (Å²) in [6, 6.07) is 1.88. The van der Waals surface area contributed by atoms with Gasteiger partial charge in [0, 0.05) is 17.8 Å². The second-order valence-electron chi connectivity index (χ2n) is 6.18. The van der Waals surface area contributed by atoms with Crippen LogP contribution >= 0.6 is 11.3 Å². The molecule has 23 heavy (non-hydrogen) atoms. The number of nitrogens with zero attached hydrogens (tertiary/aromatic N) is 3. The number of hydrogen-bond donors (Lipinski definition) is 1. The van der Waals surface area contributed by atoms with Crippen LogP contribution in [-0.2, 0) is 19.4 Å². The van der Waals surface area contributed by atoms with Crippen LogP contribution in [0.15, 0.2) is 6.07 Å². The van der Waals surface area contributed by atoms with Crippen molar-refractivity contribution < 1.29 is 4.79 Å². The summed E-state index contributed by atoms with van der Waals surface area (Å²) in [6.45, 7) is 7.13. The molecule has 1 aliphatic rings. The number of rotatable bonds is 4. The Morgan fingerprint density at radius 1 is 1.39 bits per heavy atom. The summed E-state index contributed by atoms with van der Waals surface area (Å²) >= 11 is 1.56. The van der Waals surface area contributed by atoms with E-state index in [9.17, 15) is 4.79 Å². The lowest BCUT2D eigenvalue weighted by molar-refractivity contribution is 0.0941. The van der Waals surface area contributed by atoms with Gasteiger partial charge in [0.05, 0.1) is 10.9 Å². The molecule has 0 aromatic carbocycles. The third-order valence-corrected chi connectivity index (χ3v) is 5.59. The van der Waals surface area contributed by atoms with Gasteiger partial charge in [-0.3, -0.25) is 4.79 Å². The Hall–Kier alpha value is -1.69. The molecule has 1 N–H and O–H groups in total. The molecule has 0 bridgehead atoms. The quantitative estimate of drug-likeness (QED) is 0.933. The normalized spacial score (nSPS) is 15.8. The zero-order chi connectivity index (χ0) is 16.4. The number of hydrogen-bond acceptors (Lipinski definition) is 4. The lowest BCUT2D eigenvalue weighted by Gasteiger charge is -2.14. The molecule has 2 aromatic rings. The Balaban J connectivity index is 1.75. The van der Waals surface area contributed by atoms with Gasteiger partial charge in [-0.25, -0.2) is 0 Å². The molecule has 0 fully saturated rings. The van der Waals surface area contributed by atoms with E-state index < -0.39 is 0 Å². The second-order valence-corrected chi connectivity index (χ2v) is 7.43. The van der Waals surface area contributed by atoms with Crippen LogP contribution in [-0.4, -0.2) is 20.7 Å². The van der Waals surface area contributed by atoms with Crippen LogP contribution in [0, 0.1) is 6.92 Å². The summed E-state index contributed by atoms with van der Waals surface area (Å²) in [4.78, 5) is 14.5. The van der Waals surface area contributed by atoms with E-state index >= 15 is 0 Å². The zero-order valence-electron chi connectivity index (χ0n) is 14.1. The van der Waals surface area contributed by atoms with Gasteiger partial charge in [0.15, 0.2) is 5.82 Å². The summed E-state index contributed by atoms with van der Waals surface area (Å²) in [7, 11) is 0. The fourth-order valence-electron chi connectivity index (χ4n) is 3.14. The van der Waals surface area contributed by atoms with Crippen molar-refractivity contribution in [2.24, 2.45) is 0 Å². The van der Waals surface area contributed by atoms with Crippen LogP contribution < -0.4 is 5.32 Å². The first-order valence-electron chi connectivity index (χ1n) is 8.42. The maximum absolute atomic E-state index is 12.5. The average molecular weight is 332 g/mol. The second kappa shape index (κ2) is 6.83. The van der Waals surface area contributed by atoms with Gasteiger partial charge in [0.2, 0.25) is 0 Å². The molecule has 0 radical (unpaired) electrons. The molecule has 2 aromatic heterocycles. The van der Waals surface area contributed by atoms with Gasteiger partial charge in [-0.2, -0.15) is 0 Å². The third kappa shape index (κ3) is 3.32. The standard InChI is InChI=1S/C17H24N4OS/c1-4-13-10-14(23-12(13)3)17(22)18-11(2)16-20-19-15-8-6-5-7-9-21(15)16/h10-11H,4-9H2,1-3H3,(H,18,22)/t11-/m0/s1. The van der Waals surface area contributed by atoms with E-state index in [0.717, 1.165) is 42.3 Å². The zero-order valence-corrected chi connectivity index (χ0v) is 14.9. The molecule has 3 rings (SSSR count). The first kappa shape index (κ1) is 16.2. The van der Waals surface area contributed by atoms with E-state index in [2.05, 4.69) is 33.9 Å². The van der Waals surface area contributed by atoms with Gasteiger partial charge in [-0.15, -0.1) is 21.5 Å². The van der Waals surface area contributed by atoms with Crippen molar-refractivity contribution in [1.82, 2.24) is 20.1 Å². The average Bonchev–Trinajstić information content (AvgIpc) is 3.03. The summed E-state index contributed by atoms with van der Waals surface area (Å²) in [5.74, 6) is 1.91. The number of amides is 1. The van der Waals surface area contributed by atoms with Crippen LogP contribution in [0.3, 0.4) is 0 Å². The van der Waals surface area contributed by atoms with Gasteiger partial charge >= 0.3 is 0 Å². The van der Waals surface area contributed by atoms with Crippen LogP contribution in [0.4, 0.5) is 0 Å². The van der Waals surface area contributed by atoms with E-state index in [1.54, 1.807) is 11.3 Å². The van der Waals surface area contributed by atoms with Crippen LogP contribution in [0.25, 0.3) is 0 Å². The molecule has 1 atom stereocenters. The maximum atomic E-state index is 12.5. The van der Waals surface area contributed by atoms with Crippen molar-refractivity contribution in [3.05, 3.63) is 33.0 Å². The molecule has 0 aliphatic carbocycles. The van der Waals surface area contributed by atoms with E-state index in [4.69, 9.17) is 0 Å². The predicted molar refractivity (Wildman–Crippen MR) is 91.9 cm³/mol. The third-order valence-electron chi connectivity index (χ3n) is 4.50. The summed E-state index contributed by atoms with van der Waals surface area (Å²) in [6.07, 6.45) is 5.51. The predicted octanol–water partition coefficient (Wildman–Crippen LogP) is 3.43. The maximum Gasteiger partial charge on any atom is 0.261 e. The highest BCUT2D eigenvalue weighted by atomic mass is 32.1. The largest absolute Gasteiger partial charge is 0.342 e. The molecule has 0 unspecified atom stereocenters. The summed E-state index contributed by atoms with van der Waals surface area (Å²) in [5, 5.41) is 11.7. The number of fused-ring (bicyclic) bond motifs is 1. The first-order chi connectivity index (χ1) is 11.1. The molecule has 0 spiro atoms. The Kier molecular flexibility index (Phi) is 4.80. The Labute approximate surface area is 141 Å². The summed E-state index contributed by atoms with van der Waals surface area (Å²) < 4.78 is 2.19. The highest BCUT2D eigenvalue weighted by molar-refractivity contribution is 7.14. The van der Waals surface area contributed by atoms with E-state index in [1.165, 1.54) is 23.3 Å². The molecule has 5 nitrogen and oxygen atoms in total. The minimum atomic E-state index is -0.130. The van der Waals surface area contributed by atoms with Crippen molar-refractivity contribution in [3.8, 4) is 0 Å². The van der Waals surface area contributed by atoms with Gasteiger partial charge < -0.3 is 9.88 Å². The lowest BCUT2D eigenvalue weighted by atomic mass is 10.2. The number of thiophene rings is 1. The molecular weight excluding hydrogens is 308 g/mol. The number of aryl methyl sites for hydroxylation is 3. The Bertz CT molecular complexity index is 704. The van der Waals surface area contributed by atoms with Crippen molar-refractivity contribution >= 4 is 17.2 Å². The van der Waals surface area contributed by atoms with Crippen LogP contribution in [0.1, 0.15) is 70.9 Å². The van der Waals surface area contributed by atoms with Crippen molar-refractivity contribution in [2.75, 3.05) is 0 Å². The fourth-order valence-corrected chi connectivity index (χ4v) is 4.16. The van der Waals surface area contributed by atoms with E-state index in [0.29, 0.717) is 0 Å². The highest BCUT2D eigenvalue weighted by Gasteiger charge is 2.21. The van der Waals surface area contributed by atoms with Crippen LogP contribution in [0.2, 0.25) is 0 Å². The molecule has 0 saturated heterocycles. The molecule has 0 saturated carbocycles. The molecule has 1 aliphatic heterocycles. The number of nitrogens with one attached hydrogen (secondary N) is 1.